The molecule has 0 radical (unpaired) electrons. The molecule has 1 unspecified atom stereocenters. The Hall–Kier alpha value is -1.63. The van der Waals surface area contributed by atoms with Crippen LogP contribution in [-0.2, 0) is 11.2 Å². The molecule has 0 aliphatic heterocycles. The first-order valence-corrected chi connectivity index (χ1v) is 8.14. The molecule has 0 heterocycles. The van der Waals surface area contributed by atoms with E-state index in [1.807, 2.05) is 39.0 Å². The van der Waals surface area contributed by atoms with E-state index in [1.165, 1.54) is 5.56 Å². The molecule has 2 atom stereocenters. The molecule has 1 aromatic carbocycles. The van der Waals surface area contributed by atoms with Crippen molar-refractivity contribution < 1.29 is 4.79 Å². The van der Waals surface area contributed by atoms with E-state index in [4.69, 9.17) is 0 Å². The lowest BCUT2D eigenvalue weighted by Gasteiger charge is -2.33. The third kappa shape index (κ3) is 4.19. The number of benzene rings is 1. The van der Waals surface area contributed by atoms with Crippen molar-refractivity contribution in [1.82, 2.24) is 0 Å². The van der Waals surface area contributed by atoms with Crippen molar-refractivity contribution in [2.24, 2.45) is 17.3 Å². The topological polar surface area (TPSA) is 17.1 Å². The van der Waals surface area contributed by atoms with Gasteiger partial charge in [-0.05, 0) is 45.1 Å². The fourth-order valence-corrected chi connectivity index (χ4v) is 2.80. The van der Waals surface area contributed by atoms with Gasteiger partial charge in [0.15, 0.2) is 0 Å². The van der Waals surface area contributed by atoms with Gasteiger partial charge in [0.25, 0.3) is 0 Å². The molecule has 0 aliphatic carbocycles. The highest BCUT2D eigenvalue weighted by atomic mass is 16.1. The van der Waals surface area contributed by atoms with E-state index in [0.717, 1.165) is 17.6 Å². The van der Waals surface area contributed by atoms with Crippen LogP contribution < -0.4 is 0 Å². The second-order valence-corrected chi connectivity index (χ2v) is 6.91. The average molecular weight is 298 g/mol. The molecule has 0 bridgehead atoms. The van der Waals surface area contributed by atoms with Crippen LogP contribution in [0.4, 0.5) is 0 Å². The number of allylic oxidation sites excluding steroid dienone is 2. The zero-order chi connectivity index (χ0) is 16.9. The second kappa shape index (κ2) is 7.58. The van der Waals surface area contributed by atoms with Crippen LogP contribution in [0, 0.1) is 17.3 Å². The summed E-state index contributed by atoms with van der Waals surface area (Å²) in [5.41, 5.74) is 2.61. The summed E-state index contributed by atoms with van der Waals surface area (Å²) in [6, 6.07) is 10.2. The molecule has 0 fully saturated rings. The molecule has 0 N–H and O–H groups in total. The molecule has 22 heavy (non-hydrogen) atoms. The standard InChI is InChI=1S/C21H30O/c1-8-16(4)17(5)21(6,7)20(22)19(15(2)3)14-18-12-10-9-11-13-18/h9-13,16,19H,2,5,8,14H2,1,3-4,6-7H3/t16?,19-/m0/s1. The summed E-state index contributed by atoms with van der Waals surface area (Å²) >= 11 is 0. The minimum atomic E-state index is -0.520. The number of carbonyl (C=O) groups excluding carboxylic acids is 1. The molecule has 0 amide bonds. The average Bonchev–Trinajstić information content (AvgIpc) is 2.50. The minimum absolute atomic E-state index is 0.154. The summed E-state index contributed by atoms with van der Waals surface area (Å²) in [6.07, 6.45) is 1.72. The largest absolute Gasteiger partial charge is 0.298 e. The third-order valence-corrected chi connectivity index (χ3v) is 4.82. The smallest absolute Gasteiger partial charge is 0.149 e. The van der Waals surface area contributed by atoms with Crippen LogP contribution in [0.3, 0.4) is 0 Å². The van der Waals surface area contributed by atoms with Gasteiger partial charge < -0.3 is 0 Å². The van der Waals surface area contributed by atoms with Crippen molar-refractivity contribution in [3.63, 3.8) is 0 Å². The quantitative estimate of drug-likeness (QED) is 0.569. The Morgan fingerprint density at radius 3 is 2.18 bits per heavy atom. The monoisotopic (exact) mass is 298 g/mol. The van der Waals surface area contributed by atoms with Crippen molar-refractivity contribution in [3.05, 3.63) is 60.2 Å². The van der Waals surface area contributed by atoms with Gasteiger partial charge in [0.2, 0.25) is 0 Å². The van der Waals surface area contributed by atoms with Gasteiger partial charge in [-0.2, -0.15) is 0 Å². The van der Waals surface area contributed by atoms with E-state index in [2.05, 4.69) is 39.1 Å². The van der Waals surface area contributed by atoms with Gasteiger partial charge in [0, 0.05) is 11.3 Å². The highest BCUT2D eigenvalue weighted by Crippen LogP contribution is 2.37. The van der Waals surface area contributed by atoms with Crippen molar-refractivity contribution >= 4 is 5.78 Å². The maximum atomic E-state index is 13.2. The Bertz CT molecular complexity index is 536. The Morgan fingerprint density at radius 2 is 1.73 bits per heavy atom. The highest BCUT2D eigenvalue weighted by Gasteiger charge is 2.37. The predicted molar refractivity (Wildman–Crippen MR) is 95.8 cm³/mol. The van der Waals surface area contributed by atoms with Crippen LogP contribution in [0.1, 0.15) is 46.6 Å². The Morgan fingerprint density at radius 1 is 1.18 bits per heavy atom. The zero-order valence-corrected chi connectivity index (χ0v) is 14.8. The van der Waals surface area contributed by atoms with E-state index in [1.54, 1.807) is 0 Å². The molecule has 1 nitrogen and oxygen atoms in total. The minimum Gasteiger partial charge on any atom is -0.298 e. The highest BCUT2D eigenvalue weighted by molar-refractivity contribution is 5.91. The Balaban J connectivity index is 3.03. The van der Waals surface area contributed by atoms with Crippen LogP contribution >= 0.6 is 0 Å². The van der Waals surface area contributed by atoms with Gasteiger partial charge in [-0.1, -0.05) is 68.5 Å². The maximum absolute atomic E-state index is 13.2. The fraction of sp³-hybridized carbons (Fsp3) is 0.476. The number of Topliss-reactive ketones (excluding diaryl/α,β-unsaturated/α-hetero) is 1. The summed E-state index contributed by atoms with van der Waals surface area (Å²) < 4.78 is 0. The molecular weight excluding hydrogens is 268 g/mol. The number of carbonyl (C=O) groups is 1. The lowest BCUT2D eigenvalue weighted by molar-refractivity contribution is -0.128. The molecule has 0 spiro atoms. The van der Waals surface area contributed by atoms with Gasteiger partial charge in [-0.25, -0.2) is 0 Å². The van der Waals surface area contributed by atoms with E-state index in [-0.39, 0.29) is 11.7 Å². The van der Waals surface area contributed by atoms with Crippen molar-refractivity contribution in [3.8, 4) is 0 Å². The molecule has 0 saturated carbocycles. The summed E-state index contributed by atoms with van der Waals surface area (Å²) in [5.74, 6) is 0.425. The van der Waals surface area contributed by atoms with Crippen molar-refractivity contribution in [1.29, 1.82) is 0 Å². The number of hydrogen-bond acceptors (Lipinski definition) is 1. The molecule has 1 aromatic rings. The zero-order valence-electron chi connectivity index (χ0n) is 14.8. The van der Waals surface area contributed by atoms with Crippen LogP contribution in [0.5, 0.6) is 0 Å². The Labute approximate surface area is 136 Å². The van der Waals surface area contributed by atoms with Crippen LogP contribution in [0.2, 0.25) is 0 Å². The molecule has 1 heteroatoms. The summed E-state index contributed by atoms with van der Waals surface area (Å²) in [6.45, 7) is 18.5. The van der Waals surface area contributed by atoms with Crippen molar-refractivity contribution in [2.75, 3.05) is 0 Å². The van der Waals surface area contributed by atoms with Crippen LogP contribution in [-0.4, -0.2) is 5.78 Å². The molecular formula is C21H30O. The normalized spacial score (nSPS) is 14.2. The number of hydrogen-bond donors (Lipinski definition) is 0. The van der Waals surface area contributed by atoms with Crippen LogP contribution in [0.25, 0.3) is 0 Å². The van der Waals surface area contributed by atoms with Gasteiger partial charge in [0.1, 0.15) is 5.78 Å². The number of ketones is 1. The van der Waals surface area contributed by atoms with E-state index in [9.17, 15) is 4.79 Å². The lowest BCUT2D eigenvalue weighted by Crippen LogP contribution is -2.35. The van der Waals surface area contributed by atoms with E-state index >= 15 is 0 Å². The van der Waals surface area contributed by atoms with Gasteiger partial charge in [0.05, 0.1) is 0 Å². The van der Waals surface area contributed by atoms with Gasteiger partial charge in [-0.15, -0.1) is 0 Å². The van der Waals surface area contributed by atoms with Gasteiger partial charge in [-0.3, -0.25) is 4.79 Å². The molecule has 0 aliphatic rings. The van der Waals surface area contributed by atoms with E-state index in [0.29, 0.717) is 12.3 Å². The summed E-state index contributed by atoms with van der Waals surface area (Å²) in [4.78, 5) is 13.2. The molecule has 0 saturated heterocycles. The summed E-state index contributed by atoms with van der Waals surface area (Å²) in [7, 11) is 0. The Kier molecular flexibility index (Phi) is 6.34. The molecule has 0 aromatic heterocycles. The van der Waals surface area contributed by atoms with Crippen LogP contribution in [0.15, 0.2) is 54.6 Å². The first kappa shape index (κ1) is 18.4. The SMILES string of the molecule is C=C(C)[C@H](Cc1ccccc1)C(=O)C(C)(C)C(=C)C(C)CC. The van der Waals surface area contributed by atoms with E-state index < -0.39 is 5.41 Å². The third-order valence-electron chi connectivity index (χ3n) is 4.82. The van der Waals surface area contributed by atoms with Gasteiger partial charge >= 0.3 is 0 Å². The maximum Gasteiger partial charge on any atom is 0.149 e. The predicted octanol–water partition coefficient (Wildman–Crippen LogP) is 5.62. The lowest BCUT2D eigenvalue weighted by atomic mass is 9.69. The van der Waals surface area contributed by atoms with Crippen molar-refractivity contribution in [2.45, 2.75) is 47.5 Å². The second-order valence-electron chi connectivity index (χ2n) is 6.91. The molecule has 1 rings (SSSR count). The number of rotatable bonds is 8. The fourth-order valence-electron chi connectivity index (χ4n) is 2.80. The first-order valence-electron chi connectivity index (χ1n) is 8.14. The first-order chi connectivity index (χ1) is 10.2. The summed E-state index contributed by atoms with van der Waals surface area (Å²) in [5, 5.41) is 0. The molecule has 120 valence electrons.